The summed E-state index contributed by atoms with van der Waals surface area (Å²) in [5.41, 5.74) is 16.4. The van der Waals surface area contributed by atoms with Gasteiger partial charge in [-0.2, -0.15) is 10.5 Å². The van der Waals surface area contributed by atoms with Gasteiger partial charge >= 0.3 is 0 Å². The van der Waals surface area contributed by atoms with E-state index in [2.05, 4.69) is 42.0 Å². The van der Waals surface area contributed by atoms with E-state index >= 15 is 0 Å². The lowest BCUT2D eigenvalue weighted by atomic mass is 10.1. The Kier molecular flexibility index (Phi) is 25.2. The Balaban J connectivity index is 0.000000241. The van der Waals surface area contributed by atoms with E-state index in [0.29, 0.717) is 114 Å². The topological polar surface area (TPSA) is 241 Å². The third-order valence-corrected chi connectivity index (χ3v) is 12.7. The summed E-state index contributed by atoms with van der Waals surface area (Å²) in [5, 5.41) is 38.6. The van der Waals surface area contributed by atoms with Crippen molar-refractivity contribution < 1.29 is 24.2 Å². The first-order valence-electron chi connectivity index (χ1n) is 26.0. The number of nitrogen functional groups attached to an aromatic ring is 1. The molecular weight excluding hydrogens is 1110 g/mol. The van der Waals surface area contributed by atoms with E-state index < -0.39 is 0 Å². The van der Waals surface area contributed by atoms with Crippen molar-refractivity contribution in [2.45, 2.75) is 60.9 Å². The third kappa shape index (κ3) is 20.4. The Morgan fingerprint density at radius 3 is 1.57 bits per heavy atom. The van der Waals surface area contributed by atoms with Crippen LogP contribution in [0.1, 0.15) is 58.6 Å². The zero-order valence-electron chi connectivity index (χ0n) is 48.0. The van der Waals surface area contributed by atoms with E-state index in [-0.39, 0.29) is 17.9 Å². The molecule has 0 saturated carbocycles. The van der Waals surface area contributed by atoms with E-state index in [0.717, 1.165) is 33.6 Å². The summed E-state index contributed by atoms with van der Waals surface area (Å²) < 4.78 is 11.5. The first-order chi connectivity index (χ1) is 39.6. The molecule has 0 atom stereocenters. The fourth-order valence-electron chi connectivity index (χ4n) is 7.42. The molecule has 430 valence electrons. The Morgan fingerprint density at radius 1 is 0.651 bits per heavy atom. The number of anilines is 5. The number of aromatic nitrogens is 4. The van der Waals surface area contributed by atoms with E-state index in [9.17, 15) is 14.9 Å². The molecule has 20 heteroatoms. The van der Waals surface area contributed by atoms with Crippen LogP contribution in [0.15, 0.2) is 134 Å². The van der Waals surface area contributed by atoms with Crippen molar-refractivity contribution in [2.75, 3.05) is 63.0 Å². The molecule has 0 unspecified atom stereocenters. The van der Waals surface area contributed by atoms with Crippen LogP contribution in [0.25, 0.3) is 21.8 Å². The normalized spacial score (nSPS) is 10.8. The summed E-state index contributed by atoms with van der Waals surface area (Å²) in [7, 11) is 7.72. The molecule has 0 saturated heterocycles. The van der Waals surface area contributed by atoms with Crippen molar-refractivity contribution in [1.29, 1.82) is 10.5 Å². The number of benzene rings is 4. The minimum atomic E-state index is -0.235. The van der Waals surface area contributed by atoms with Gasteiger partial charge in [0.1, 0.15) is 36.9 Å². The first kappa shape index (κ1) is 65.2. The number of aliphatic hydroxyl groups excluding tert-OH is 1. The van der Waals surface area contributed by atoms with Crippen LogP contribution in [-0.2, 0) is 22.8 Å². The lowest BCUT2D eigenvalue weighted by Gasteiger charge is -2.15. The molecule has 0 fully saturated rings. The van der Waals surface area contributed by atoms with Gasteiger partial charge in [-0.15, -0.1) is 0 Å². The highest BCUT2D eigenvalue weighted by Gasteiger charge is 2.16. The van der Waals surface area contributed by atoms with Gasteiger partial charge in [0.05, 0.1) is 54.3 Å². The zero-order chi connectivity index (χ0) is 60.8. The summed E-state index contributed by atoms with van der Waals surface area (Å²) in [6.07, 6.45) is 12.9. The number of rotatable bonds is 16. The lowest BCUT2D eigenvalue weighted by molar-refractivity contribution is -0.112. The summed E-state index contributed by atoms with van der Waals surface area (Å²) in [5.74, 6) is 0.692. The molecule has 0 aliphatic carbocycles. The highest BCUT2D eigenvalue weighted by Crippen LogP contribution is 2.36. The molecule has 0 aliphatic rings. The fraction of sp³-hybridized carbons (Fsp3) is 0.238. The number of nitriles is 2. The molecular formula is C63H67Cl3N12O5. The van der Waals surface area contributed by atoms with Gasteiger partial charge < -0.3 is 46.1 Å². The number of nitrogens with zero attached hydrogens (tertiary/aromatic N) is 8. The van der Waals surface area contributed by atoms with Crippen molar-refractivity contribution in [3.63, 3.8) is 0 Å². The number of nitrogens with two attached hydrogens (primary N) is 1. The third-order valence-electron chi connectivity index (χ3n) is 11.7. The number of likely N-dealkylation sites (N-methyl/N-ethyl adjacent to an activating group) is 2. The number of amides is 2. The molecule has 2 amide bonds. The SMILES string of the molecule is CC(C)O.Cc1cc2ncc(C#N)c(Cl)c2cc1NC(=O)/C=C/CN(C)C.Cc1cc2ncc(C#N)c(Nc3ccc(OCc4ncccc4C)c(Cl)c3)c2cc1NC(=O)/C=C/CN(C)C.Cc1cccnc1COc1ccc(N)cc1Cl. The van der Waals surface area contributed by atoms with Gasteiger partial charge in [0.25, 0.3) is 0 Å². The van der Waals surface area contributed by atoms with Crippen molar-refractivity contribution in [1.82, 2.24) is 29.7 Å². The Labute approximate surface area is 500 Å². The maximum absolute atomic E-state index is 12.5. The van der Waals surface area contributed by atoms with Crippen LogP contribution in [0.5, 0.6) is 11.5 Å². The molecule has 8 rings (SSSR count). The van der Waals surface area contributed by atoms with Crippen LogP contribution in [0.4, 0.5) is 28.4 Å². The number of halogens is 3. The average Bonchev–Trinajstić information content (AvgIpc) is 3.63. The van der Waals surface area contributed by atoms with E-state index in [1.165, 1.54) is 24.5 Å². The van der Waals surface area contributed by atoms with E-state index in [1.807, 2.05) is 120 Å². The molecule has 4 aromatic carbocycles. The number of carbonyl (C=O) groups is 2. The summed E-state index contributed by atoms with van der Waals surface area (Å²) in [6.45, 7) is 13.2. The molecule has 4 aromatic heterocycles. The Morgan fingerprint density at radius 2 is 1.11 bits per heavy atom. The molecule has 8 aromatic rings. The van der Waals surface area contributed by atoms with Crippen LogP contribution in [0, 0.1) is 50.4 Å². The van der Waals surface area contributed by atoms with Crippen LogP contribution in [-0.4, -0.2) is 94.0 Å². The number of ether oxygens (including phenoxy) is 2. The van der Waals surface area contributed by atoms with Crippen LogP contribution >= 0.6 is 34.8 Å². The summed E-state index contributed by atoms with van der Waals surface area (Å²) in [6, 6.07) is 29.8. The van der Waals surface area contributed by atoms with Gasteiger partial charge in [-0.1, -0.05) is 59.1 Å². The van der Waals surface area contributed by atoms with Crippen molar-refractivity contribution in [3.05, 3.63) is 194 Å². The Hall–Kier alpha value is -8.65. The number of aliphatic hydroxyl groups is 1. The quantitative estimate of drug-likeness (QED) is 0.0446. The number of fused-ring (bicyclic) bond motifs is 2. The highest BCUT2D eigenvalue weighted by molar-refractivity contribution is 6.36. The van der Waals surface area contributed by atoms with Crippen LogP contribution in [0.2, 0.25) is 15.1 Å². The molecule has 83 heavy (non-hydrogen) atoms. The van der Waals surface area contributed by atoms with Gasteiger partial charge in [0.2, 0.25) is 11.8 Å². The number of carbonyl (C=O) groups excluding carboxylic acids is 2. The fourth-order valence-corrected chi connectivity index (χ4v) is 8.14. The van der Waals surface area contributed by atoms with Gasteiger partial charge in [0.15, 0.2) is 0 Å². The second kappa shape index (κ2) is 32.1. The number of pyridine rings is 4. The van der Waals surface area contributed by atoms with Gasteiger partial charge in [-0.3, -0.25) is 29.5 Å². The lowest BCUT2D eigenvalue weighted by Crippen LogP contribution is -2.13. The van der Waals surface area contributed by atoms with Gasteiger partial charge in [-0.05, 0) is 165 Å². The van der Waals surface area contributed by atoms with Crippen molar-refractivity contribution in [2.24, 2.45) is 0 Å². The monoisotopic (exact) mass is 1180 g/mol. The first-order valence-corrected chi connectivity index (χ1v) is 27.1. The molecule has 0 aliphatic heterocycles. The standard InChI is InChI=1S/C30H29ClN6O2.C17H17ClN4O.C13H13ClN2O.C3H8O/c1-19-7-5-11-33-27(19)18-39-28-10-9-22(14-24(28)31)35-30-21(16-32)17-34-26-13-20(2)25(15-23(26)30)36-29(38)8-6-12-37(3)4;1-11-7-15-13(17(18)12(9-19)10-20-15)8-14(11)21-16(23)5-4-6-22(2)3;1-9-3-2-6-16-12(9)8-17-13-5-4-10(15)7-11(13)14;1-3(2)4/h5-11,13-15,17H,12,18H2,1-4H3,(H,34,35)(H,36,38);4-5,7-8,10H,6H2,1-3H3,(H,21,23);2-7H,8,15H2,1H3;3-4H,1-2H3/b8-6+;5-4+;;. The molecule has 0 radical (unpaired) electrons. The van der Waals surface area contributed by atoms with Gasteiger partial charge in [-0.25, -0.2) is 0 Å². The predicted octanol–water partition coefficient (Wildman–Crippen LogP) is 12.9. The number of hydrogen-bond acceptors (Lipinski definition) is 15. The average molecular weight is 1180 g/mol. The van der Waals surface area contributed by atoms with E-state index in [4.69, 9.17) is 60.4 Å². The van der Waals surface area contributed by atoms with Crippen LogP contribution < -0.4 is 31.2 Å². The van der Waals surface area contributed by atoms with Crippen molar-refractivity contribution >= 4 is 96.9 Å². The van der Waals surface area contributed by atoms with Gasteiger partial charge in [0, 0.05) is 89.7 Å². The smallest absolute Gasteiger partial charge is 0.248 e. The summed E-state index contributed by atoms with van der Waals surface area (Å²) in [4.78, 5) is 45.6. The summed E-state index contributed by atoms with van der Waals surface area (Å²) >= 11 is 18.8. The predicted molar refractivity (Wildman–Crippen MR) is 335 cm³/mol. The second-order valence-electron chi connectivity index (χ2n) is 19.6. The number of nitrogens with one attached hydrogen (secondary N) is 3. The maximum Gasteiger partial charge on any atom is 0.248 e. The largest absolute Gasteiger partial charge is 0.486 e. The Bertz CT molecular complexity index is 3710. The number of hydrogen-bond donors (Lipinski definition) is 5. The van der Waals surface area contributed by atoms with Crippen molar-refractivity contribution in [3.8, 4) is 23.6 Å². The maximum atomic E-state index is 12.5. The van der Waals surface area contributed by atoms with E-state index in [1.54, 1.807) is 74.8 Å². The minimum absolute atomic E-state index is 0.167. The highest BCUT2D eigenvalue weighted by atomic mass is 35.5. The number of aryl methyl sites for hydroxylation is 4. The van der Waals surface area contributed by atoms with Crippen LogP contribution in [0.3, 0.4) is 0 Å². The molecule has 0 bridgehead atoms. The second-order valence-corrected chi connectivity index (χ2v) is 20.8. The molecule has 17 nitrogen and oxygen atoms in total. The molecule has 0 spiro atoms. The zero-order valence-corrected chi connectivity index (χ0v) is 50.2. The molecule has 4 heterocycles. The minimum Gasteiger partial charge on any atom is -0.486 e. The molecule has 6 N–H and O–H groups in total.